The monoisotopic (exact) mass is 286 g/mol. The molecule has 1 aromatic heterocycles. The number of benzene rings is 1. The Kier molecular flexibility index (Phi) is 3.87. The Balaban J connectivity index is 1.99. The second-order valence-electron chi connectivity index (χ2n) is 4.89. The molecule has 7 heteroatoms. The van der Waals surface area contributed by atoms with E-state index in [1.165, 1.54) is 0 Å². The lowest BCUT2D eigenvalue weighted by molar-refractivity contribution is 0.0299. The third kappa shape index (κ3) is 2.76. The van der Waals surface area contributed by atoms with E-state index in [4.69, 9.17) is 4.74 Å². The predicted octanol–water partition coefficient (Wildman–Crippen LogP) is -0.613. The summed E-state index contributed by atoms with van der Waals surface area (Å²) < 4.78 is 5.23. The standard InChI is InChI=1S/C14H15BN2O4/c18-14(17-6-8-21-9-7-17)12-5-4-10-2-1-3-11(15(19)20)13(10)16-12/h1-5,19-20H,6-9H2. The van der Waals surface area contributed by atoms with Crippen LogP contribution >= 0.6 is 0 Å². The fourth-order valence-corrected chi connectivity index (χ4v) is 2.43. The Hall–Kier alpha value is -1.96. The van der Waals surface area contributed by atoms with Crippen molar-refractivity contribution in [3.63, 3.8) is 0 Å². The van der Waals surface area contributed by atoms with Gasteiger partial charge in [-0.05, 0) is 11.5 Å². The van der Waals surface area contributed by atoms with E-state index in [2.05, 4.69) is 4.98 Å². The minimum Gasteiger partial charge on any atom is -0.423 e. The quantitative estimate of drug-likeness (QED) is 0.719. The van der Waals surface area contributed by atoms with Crippen molar-refractivity contribution < 1.29 is 19.6 Å². The SMILES string of the molecule is O=C(c1ccc2cccc(B(O)O)c2n1)N1CCOCC1. The number of carbonyl (C=O) groups excluding carboxylic acids is 1. The first-order valence-corrected chi connectivity index (χ1v) is 6.79. The largest absolute Gasteiger partial charge is 0.490 e. The summed E-state index contributed by atoms with van der Waals surface area (Å²) in [5.74, 6) is -0.164. The average molecular weight is 286 g/mol. The third-order valence-electron chi connectivity index (χ3n) is 3.55. The van der Waals surface area contributed by atoms with Gasteiger partial charge in [-0.1, -0.05) is 24.3 Å². The molecule has 6 nitrogen and oxygen atoms in total. The number of rotatable bonds is 2. The highest BCUT2D eigenvalue weighted by molar-refractivity contribution is 6.61. The Morgan fingerprint density at radius 2 is 1.95 bits per heavy atom. The lowest BCUT2D eigenvalue weighted by Gasteiger charge is -2.26. The van der Waals surface area contributed by atoms with Crippen molar-refractivity contribution in [3.8, 4) is 0 Å². The predicted molar refractivity (Wildman–Crippen MR) is 78.3 cm³/mol. The first-order chi connectivity index (χ1) is 10.2. The van der Waals surface area contributed by atoms with E-state index in [1.807, 2.05) is 6.07 Å². The summed E-state index contributed by atoms with van der Waals surface area (Å²) in [7, 11) is -1.62. The number of nitrogens with zero attached hydrogens (tertiary/aromatic N) is 2. The number of fused-ring (bicyclic) bond motifs is 1. The number of carbonyl (C=O) groups is 1. The molecule has 1 aliphatic heterocycles. The van der Waals surface area contributed by atoms with Crippen LogP contribution in [0.25, 0.3) is 10.9 Å². The summed E-state index contributed by atoms with van der Waals surface area (Å²) in [6.07, 6.45) is 0. The van der Waals surface area contributed by atoms with Gasteiger partial charge in [0, 0.05) is 18.6 Å². The minimum absolute atomic E-state index is 0.164. The van der Waals surface area contributed by atoms with Gasteiger partial charge in [0.15, 0.2) is 0 Å². The van der Waals surface area contributed by atoms with Crippen molar-refractivity contribution in [2.45, 2.75) is 0 Å². The van der Waals surface area contributed by atoms with Gasteiger partial charge >= 0.3 is 7.12 Å². The highest BCUT2D eigenvalue weighted by Crippen LogP contribution is 2.13. The number of pyridine rings is 1. The molecule has 108 valence electrons. The molecule has 0 radical (unpaired) electrons. The van der Waals surface area contributed by atoms with Crippen molar-refractivity contribution in [2.24, 2.45) is 0 Å². The van der Waals surface area contributed by atoms with Crippen LogP contribution in [0.4, 0.5) is 0 Å². The fraction of sp³-hybridized carbons (Fsp3) is 0.286. The maximum Gasteiger partial charge on any atom is 0.490 e. The minimum atomic E-state index is -1.62. The Labute approximate surface area is 122 Å². The first-order valence-electron chi connectivity index (χ1n) is 6.79. The van der Waals surface area contributed by atoms with Gasteiger partial charge in [-0.15, -0.1) is 0 Å². The van der Waals surface area contributed by atoms with Gasteiger partial charge in [-0.2, -0.15) is 0 Å². The van der Waals surface area contributed by atoms with E-state index >= 15 is 0 Å². The molecule has 0 aliphatic carbocycles. The van der Waals surface area contributed by atoms with Gasteiger partial charge in [0.1, 0.15) is 5.69 Å². The molecule has 2 heterocycles. The normalized spacial score (nSPS) is 15.2. The number of aromatic nitrogens is 1. The number of amides is 1. The summed E-state index contributed by atoms with van der Waals surface area (Å²) in [5.41, 5.74) is 1.04. The average Bonchev–Trinajstić information content (AvgIpc) is 2.53. The van der Waals surface area contributed by atoms with Crippen LogP contribution in [0.5, 0.6) is 0 Å². The molecule has 0 atom stereocenters. The zero-order valence-electron chi connectivity index (χ0n) is 11.4. The van der Waals surface area contributed by atoms with Crippen LogP contribution in [0.2, 0.25) is 0 Å². The smallest absolute Gasteiger partial charge is 0.423 e. The van der Waals surface area contributed by atoms with E-state index in [-0.39, 0.29) is 5.91 Å². The van der Waals surface area contributed by atoms with Crippen molar-refractivity contribution in [1.82, 2.24) is 9.88 Å². The summed E-state index contributed by atoms with van der Waals surface area (Å²) in [6, 6.07) is 8.55. The van der Waals surface area contributed by atoms with Crippen molar-refractivity contribution in [3.05, 3.63) is 36.0 Å². The van der Waals surface area contributed by atoms with Crippen LogP contribution in [0.15, 0.2) is 30.3 Å². The molecule has 1 aromatic carbocycles. The van der Waals surface area contributed by atoms with Crippen LogP contribution < -0.4 is 5.46 Å². The topological polar surface area (TPSA) is 82.9 Å². The van der Waals surface area contributed by atoms with Crippen LogP contribution in [-0.4, -0.2) is 59.3 Å². The van der Waals surface area contributed by atoms with Crippen molar-refractivity contribution in [2.75, 3.05) is 26.3 Å². The maximum absolute atomic E-state index is 12.4. The van der Waals surface area contributed by atoms with Crippen molar-refractivity contribution in [1.29, 1.82) is 0 Å². The maximum atomic E-state index is 12.4. The summed E-state index contributed by atoms with van der Waals surface area (Å²) in [5, 5.41) is 19.6. The molecule has 1 amide bonds. The molecule has 2 aromatic rings. The van der Waals surface area contributed by atoms with Crippen LogP contribution in [-0.2, 0) is 4.74 Å². The van der Waals surface area contributed by atoms with Gasteiger partial charge < -0.3 is 19.7 Å². The Bertz CT molecular complexity index is 671. The van der Waals surface area contributed by atoms with Gasteiger partial charge in [-0.3, -0.25) is 4.79 Å². The highest BCUT2D eigenvalue weighted by atomic mass is 16.5. The van der Waals surface area contributed by atoms with E-state index in [1.54, 1.807) is 29.2 Å². The molecule has 2 N–H and O–H groups in total. The number of morpholine rings is 1. The molecule has 0 saturated carbocycles. The molecule has 3 rings (SSSR count). The molecule has 1 aliphatic rings. The van der Waals surface area contributed by atoms with Crippen molar-refractivity contribution >= 4 is 29.4 Å². The van der Waals surface area contributed by atoms with E-state index in [0.717, 1.165) is 5.39 Å². The van der Waals surface area contributed by atoms with Crippen LogP contribution in [0.3, 0.4) is 0 Å². The lowest BCUT2D eigenvalue weighted by Crippen LogP contribution is -2.41. The summed E-state index contributed by atoms with van der Waals surface area (Å²) >= 11 is 0. The second kappa shape index (κ2) is 5.81. The Morgan fingerprint density at radius 3 is 2.67 bits per heavy atom. The molecule has 21 heavy (non-hydrogen) atoms. The number of para-hydroxylation sites is 1. The molecule has 0 unspecified atom stereocenters. The molecule has 0 bridgehead atoms. The fourth-order valence-electron chi connectivity index (χ4n) is 2.43. The van der Waals surface area contributed by atoms with Gasteiger partial charge in [-0.25, -0.2) is 4.98 Å². The third-order valence-corrected chi connectivity index (χ3v) is 3.55. The molecule has 1 saturated heterocycles. The lowest BCUT2D eigenvalue weighted by atomic mass is 9.79. The first kappa shape index (κ1) is 14.0. The van der Waals surface area contributed by atoms with Gasteiger partial charge in [0.05, 0.1) is 18.7 Å². The number of hydrogen-bond acceptors (Lipinski definition) is 5. The molecular weight excluding hydrogens is 271 g/mol. The van der Waals surface area contributed by atoms with E-state index in [0.29, 0.717) is 43.0 Å². The van der Waals surface area contributed by atoms with E-state index < -0.39 is 7.12 Å². The second-order valence-corrected chi connectivity index (χ2v) is 4.89. The zero-order chi connectivity index (χ0) is 14.8. The number of ether oxygens (including phenoxy) is 1. The van der Waals surface area contributed by atoms with Gasteiger partial charge in [0.2, 0.25) is 0 Å². The van der Waals surface area contributed by atoms with Crippen LogP contribution in [0.1, 0.15) is 10.5 Å². The Morgan fingerprint density at radius 1 is 1.19 bits per heavy atom. The number of hydrogen-bond donors (Lipinski definition) is 2. The zero-order valence-corrected chi connectivity index (χ0v) is 11.4. The summed E-state index contributed by atoms with van der Waals surface area (Å²) in [4.78, 5) is 18.4. The van der Waals surface area contributed by atoms with E-state index in [9.17, 15) is 14.8 Å². The molecular formula is C14H15BN2O4. The molecule has 0 spiro atoms. The molecule has 1 fully saturated rings. The van der Waals surface area contributed by atoms with Crippen LogP contribution in [0, 0.1) is 0 Å². The highest BCUT2D eigenvalue weighted by Gasteiger charge is 2.21. The summed E-state index contributed by atoms with van der Waals surface area (Å²) in [6.45, 7) is 2.14. The van der Waals surface area contributed by atoms with Gasteiger partial charge in [0.25, 0.3) is 5.91 Å².